The molecule has 4 rings (SSSR count). The van der Waals surface area contributed by atoms with Crippen LogP contribution in [0.5, 0.6) is 0 Å². The van der Waals surface area contributed by atoms with Crippen LogP contribution < -0.4 is 15.3 Å². The van der Waals surface area contributed by atoms with Gasteiger partial charge in [-0.1, -0.05) is 24.3 Å². The second-order valence-corrected chi connectivity index (χ2v) is 6.72. The highest BCUT2D eigenvalue weighted by Gasteiger charge is 2.34. The third-order valence-electron chi connectivity index (χ3n) is 4.88. The van der Waals surface area contributed by atoms with Crippen molar-refractivity contribution >= 4 is 29.3 Å². The number of carbonyl (C=O) groups is 2. The Labute approximate surface area is 152 Å². The smallest absolute Gasteiger partial charge is 0.282 e. The zero-order chi connectivity index (χ0) is 18.1. The fourth-order valence-corrected chi connectivity index (χ4v) is 3.56. The lowest BCUT2D eigenvalue weighted by molar-refractivity contribution is -0.117. The first-order valence-corrected chi connectivity index (χ1v) is 8.91. The number of anilines is 2. The summed E-state index contributed by atoms with van der Waals surface area (Å²) in [5, 5.41) is 1.29. The van der Waals surface area contributed by atoms with Crippen molar-refractivity contribution in [2.75, 3.05) is 23.0 Å². The molecule has 2 aromatic rings. The third-order valence-corrected chi connectivity index (χ3v) is 4.88. The first-order valence-electron chi connectivity index (χ1n) is 8.91. The number of aryl methyl sites for hydroxylation is 1. The summed E-state index contributed by atoms with van der Waals surface area (Å²) in [5.41, 5.74) is 6.69. The minimum atomic E-state index is -0.375. The summed E-state index contributed by atoms with van der Waals surface area (Å²) in [6.07, 6.45) is 4.13. The summed E-state index contributed by atoms with van der Waals surface area (Å²) in [7, 11) is 0. The van der Waals surface area contributed by atoms with Gasteiger partial charge in [0.1, 0.15) is 5.57 Å². The molecule has 1 N–H and O–H groups in total. The van der Waals surface area contributed by atoms with Gasteiger partial charge in [-0.3, -0.25) is 15.0 Å². The van der Waals surface area contributed by atoms with Gasteiger partial charge in [0.25, 0.3) is 11.8 Å². The maximum absolute atomic E-state index is 12.6. The zero-order valence-electron chi connectivity index (χ0n) is 14.7. The number of hydrogen-bond donors (Lipinski definition) is 1. The standard InChI is InChI=1S/C21H21N3O2/c1-15-13-16(9-10-19(15)23-11-5-6-12-23)14-18-20(25)22-24(21(18)26)17-7-3-2-4-8-17/h2-4,7-10,13-14H,5-6,11-12H2,1H3,(H,22,25)/b18-14-. The summed E-state index contributed by atoms with van der Waals surface area (Å²) in [6.45, 7) is 4.25. The molecular weight excluding hydrogens is 326 g/mol. The van der Waals surface area contributed by atoms with Crippen LogP contribution >= 0.6 is 0 Å². The number of hydrogen-bond acceptors (Lipinski definition) is 3. The van der Waals surface area contributed by atoms with Crippen LogP contribution in [0.25, 0.3) is 6.08 Å². The summed E-state index contributed by atoms with van der Waals surface area (Å²) in [5.74, 6) is -0.706. The van der Waals surface area contributed by atoms with Crippen LogP contribution in [-0.2, 0) is 9.59 Å². The summed E-state index contributed by atoms with van der Waals surface area (Å²) in [6, 6.07) is 15.2. The van der Waals surface area contributed by atoms with Gasteiger partial charge in [0.15, 0.2) is 0 Å². The molecule has 0 unspecified atom stereocenters. The van der Waals surface area contributed by atoms with E-state index in [1.54, 1.807) is 18.2 Å². The van der Waals surface area contributed by atoms with Crippen LogP contribution in [0.15, 0.2) is 54.1 Å². The normalized spacial score (nSPS) is 18.7. The van der Waals surface area contributed by atoms with Gasteiger partial charge in [-0.05, 0) is 61.2 Å². The third kappa shape index (κ3) is 2.96. The average molecular weight is 347 g/mol. The van der Waals surface area contributed by atoms with E-state index in [9.17, 15) is 9.59 Å². The van der Waals surface area contributed by atoms with E-state index in [-0.39, 0.29) is 17.4 Å². The SMILES string of the molecule is Cc1cc(/C=C2/C(=O)NN(c3ccccc3)C2=O)ccc1N1CCCC1. The molecule has 0 spiro atoms. The molecule has 26 heavy (non-hydrogen) atoms. The second-order valence-electron chi connectivity index (χ2n) is 6.72. The summed E-state index contributed by atoms with van der Waals surface area (Å²) in [4.78, 5) is 27.3. The Morgan fingerprint density at radius 2 is 1.73 bits per heavy atom. The molecule has 0 aliphatic carbocycles. The molecule has 0 radical (unpaired) electrons. The number of nitrogens with one attached hydrogen (secondary N) is 1. The van der Waals surface area contributed by atoms with Crippen LogP contribution in [0.1, 0.15) is 24.0 Å². The molecule has 0 bridgehead atoms. The molecule has 5 nitrogen and oxygen atoms in total. The van der Waals surface area contributed by atoms with Crippen LogP contribution in [0.2, 0.25) is 0 Å². The number of nitrogens with zero attached hydrogens (tertiary/aromatic N) is 2. The van der Waals surface area contributed by atoms with Gasteiger partial charge in [-0.15, -0.1) is 0 Å². The van der Waals surface area contributed by atoms with Crippen LogP contribution in [-0.4, -0.2) is 24.9 Å². The Balaban J connectivity index is 1.60. The fraction of sp³-hybridized carbons (Fsp3) is 0.238. The number of rotatable bonds is 3. The van der Waals surface area contributed by atoms with E-state index in [1.807, 2.05) is 30.3 Å². The maximum Gasteiger partial charge on any atom is 0.282 e. The summed E-state index contributed by atoms with van der Waals surface area (Å²) >= 11 is 0. The predicted molar refractivity (Wildman–Crippen MR) is 103 cm³/mol. The lowest BCUT2D eigenvalue weighted by Gasteiger charge is -2.20. The molecule has 2 fully saturated rings. The van der Waals surface area contributed by atoms with Gasteiger partial charge >= 0.3 is 0 Å². The average Bonchev–Trinajstić information content (AvgIpc) is 3.27. The molecule has 132 valence electrons. The molecular formula is C21H21N3O2. The van der Waals surface area contributed by atoms with Crippen LogP contribution in [0.4, 0.5) is 11.4 Å². The molecule has 0 atom stereocenters. The van der Waals surface area contributed by atoms with Crippen molar-refractivity contribution in [1.82, 2.24) is 5.43 Å². The number of para-hydroxylation sites is 1. The van der Waals surface area contributed by atoms with Crippen molar-refractivity contribution in [1.29, 1.82) is 0 Å². The first kappa shape index (κ1) is 16.4. The Morgan fingerprint density at radius 3 is 2.42 bits per heavy atom. The Morgan fingerprint density at radius 1 is 1.00 bits per heavy atom. The minimum Gasteiger partial charge on any atom is -0.371 e. The van der Waals surface area contributed by atoms with Crippen molar-refractivity contribution in [3.05, 3.63) is 65.2 Å². The van der Waals surface area contributed by atoms with E-state index in [4.69, 9.17) is 0 Å². The van der Waals surface area contributed by atoms with Gasteiger partial charge in [0.2, 0.25) is 0 Å². The largest absolute Gasteiger partial charge is 0.371 e. The molecule has 2 aromatic carbocycles. The van der Waals surface area contributed by atoms with E-state index in [1.165, 1.54) is 23.5 Å². The van der Waals surface area contributed by atoms with E-state index in [0.717, 1.165) is 24.2 Å². The predicted octanol–water partition coefficient (Wildman–Crippen LogP) is 3.06. The van der Waals surface area contributed by atoms with Gasteiger partial charge in [0.05, 0.1) is 5.69 Å². The van der Waals surface area contributed by atoms with Crippen molar-refractivity contribution in [3.63, 3.8) is 0 Å². The molecule has 0 aromatic heterocycles. The van der Waals surface area contributed by atoms with Gasteiger partial charge in [-0.25, -0.2) is 5.01 Å². The van der Waals surface area contributed by atoms with Gasteiger partial charge in [-0.2, -0.15) is 0 Å². The minimum absolute atomic E-state index is 0.155. The highest BCUT2D eigenvalue weighted by atomic mass is 16.2. The monoisotopic (exact) mass is 347 g/mol. The van der Waals surface area contributed by atoms with Crippen molar-refractivity contribution in [2.45, 2.75) is 19.8 Å². The number of hydrazine groups is 1. The molecule has 2 saturated heterocycles. The van der Waals surface area contributed by atoms with E-state index >= 15 is 0 Å². The highest BCUT2D eigenvalue weighted by Crippen LogP contribution is 2.27. The number of amides is 2. The second kappa shape index (κ2) is 6.67. The van der Waals surface area contributed by atoms with Gasteiger partial charge < -0.3 is 4.90 Å². The molecule has 5 heteroatoms. The zero-order valence-corrected chi connectivity index (χ0v) is 14.7. The van der Waals surface area contributed by atoms with Crippen LogP contribution in [0, 0.1) is 6.92 Å². The quantitative estimate of drug-likeness (QED) is 0.686. The van der Waals surface area contributed by atoms with Crippen molar-refractivity contribution < 1.29 is 9.59 Å². The Kier molecular flexibility index (Phi) is 4.21. The number of benzene rings is 2. The highest BCUT2D eigenvalue weighted by molar-refractivity contribution is 6.31. The maximum atomic E-state index is 12.6. The Bertz CT molecular complexity index is 883. The summed E-state index contributed by atoms with van der Waals surface area (Å²) < 4.78 is 0. The van der Waals surface area contributed by atoms with Crippen molar-refractivity contribution in [3.8, 4) is 0 Å². The molecule has 2 aliphatic rings. The van der Waals surface area contributed by atoms with Gasteiger partial charge in [0, 0.05) is 18.8 Å². The number of carbonyl (C=O) groups excluding carboxylic acids is 2. The van der Waals surface area contributed by atoms with E-state index in [2.05, 4.69) is 23.3 Å². The van der Waals surface area contributed by atoms with Crippen LogP contribution in [0.3, 0.4) is 0 Å². The lowest BCUT2D eigenvalue weighted by Crippen LogP contribution is -2.35. The molecule has 2 heterocycles. The van der Waals surface area contributed by atoms with E-state index < -0.39 is 0 Å². The van der Waals surface area contributed by atoms with E-state index in [0.29, 0.717) is 5.69 Å². The molecule has 2 amide bonds. The molecule has 2 aliphatic heterocycles. The topological polar surface area (TPSA) is 52.7 Å². The van der Waals surface area contributed by atoms with Crippen molar-refractivity contribution in [2.24, 2.45) is 0 Å². The lowest BCUT2D eigenvalue weighted by atomic mass is 10.1. The molecule has 0 saturated carbocycles. The Hall–Kier alpha value is -3.08. The fourth-order valence-electron chi connectivity index (χ4n) is 3.56. The first-order chi connectivity index (χ1) is 12.6.